The van der Waals surface area contributed by atoms with E-state index in [-0.39, 0.29) is 12.4 Å². The summed E-state index contributed by atoms with van der Waals surface area (Å²) < 4.78 is 11.1. The average molecular weight is 226 g/mol. The maximum absolute atomic E-state index is 10.1. The maximum Gasteiger partial charge on any atom is 0.381 e. The van der Waals surface area contributed by atoms with E-state index < -0.39 is 5.97 Å². The minimum absolute atomic E-state index is 0.0613. The number of hydrogen-bond donors (Lipinski definition) is 1. The predicted octanol–water partition coefficient (Wildman–Crippen LogP) is 1.79. The highest BCUT2D eigenvalue weighted by molar-refractivity contribution is 5.86. The van der Waals surface area contributed by atoms with Crippen LogP contribution in [0.4, 0.5) is 0 Å². The van der Waals surface area contributed by atoms with E-state index >= 15 is 0 Å². The van der Waals surface area contributed by atoms with Gasteiger partial charge in [0.15, 0.2) is 6.29 Å². The van der Waals surface area contributed by atoms with Gasteiger partial charge in [-0.1, -0.05) is 5.92 Å². The number of rotatable bonds is 4. The fourth-order valence-electron chi connectivity index (χ4n) is 1.56. The molecule has 1 aliphatic heterocycles. The summed E-state index contributed by atoms with van der Waals surface area (Å²) in [6.45, 7) is 2.73. The molecule has 1 N–H and O–H groups in total. The molecule has 1 fully saturated rings. The standard InChI is InChI=1S/C12H18O4/c1-10(6-2-3-7-11(13)14)16-12-8-4-5-9-15-12/h10,12H,2,4-6,8-9H2,1H3,(H,13,14)/t10-,12-/m0/s1. The van der Waals surface area contributed by atoms with Crippen LogP contribution in [0.2, 0.25) is 0 Å². The Morgan fingerprint density at radius 3 is 3.06 bits per heavy atom. The first-order valence-corrected chi connectivity index (χ1v) is 5.67. The van der Waals surface area contributed by atoms with Crippen LogP contribution in [0.25, 0.3) is 0 Å². The van der Waals surface area contributed by atoms with Gasteiger partial charge in [0.25, 0.3) is 0 Å². The van der Waals surface area contributed by atoms with Crippen LogP contribution >= 0.6 is 0 Å². The van der Waals surface area contributed by atoms with Crippen molar-refractivity contribution in [3.8, 4) is 11.8 Å². The van der Waals surface area contributed by atoms with Crippen LogP contribution in [0.5, 0.6) is 0 Å². The molecule has 0 aromatic carbocycles. The quantitative estimate of drug-likeness (QED) is 0.742. The summed E-state index contributed by atoms with van der Waals surface area (Å²) in [5, 5.41) is 8.31. The van der Waals surface area contributed by atoms with Crippen molar-refractivity contribution < 1.29 is 19.4 Å². The largest absolute Gasteiger partial charge is 0.472 e. The summed E-state index contributed by atoms with van der Waals surface area (Å²) in [7, 11) is 0. The molecule has 16 heavy (non-hydrogen) atoms. The third kappa shape index (κ3) is 5.74. The van der Waals surface area contributed by atoms with Crippen molar-refractivity contribution in [3.05, 3.63) is 0 Å². The van der Waals surface area contributed by atoms with Crippen LogP contribution in [0.15, 0.2) is 0 Å². The normalized spacial score (nSPS) is 21.9. The minimum Gasteiger partial charge on any atom is -0.472 e. The van der Waals surface area contributed by atoms with E-state index in [1.807, 2.05) is 6.92 Å². The Labute approximate surface area is 95.9 Å². The minimum atomic E-state index is -1.08. The maximum atomic E-state index is 10.1. The fourth-order valence-corrected chi connectivity index (χ4v) is 1.56. The van der Waals surface area contributed by atoms with Crippen molar-refractivity contribution in [2.45, 2.75) is 51.4 Å². The molecule has 0 aromatic rings. The molecular formula is C12H18O4. The van der Waals surface area contributed by atoms with Gasteiger partial charge in [-0.3, -0.25) is 0 Å². The first-order chi connectivity index (χ1) is 7.68. The number of carbonyl (C=O) groups is 1. The van der Waals surface area contributed by atoms with E-state index in [0.717, 1.165) is 32.3 Å². The molecule has 0 radical (unpaired) electrons. The molecule has 1 rings (SSSR count). The van der Waals surface area contributed by atoms with Crippen LogP contribution in [0.1, 0.15) is 39.0 Å². The summed E-state index contributed by atoms with van der Waals surface area (Å²) >= 11 is 0. The van der Waals surface area contributed by atoms with Gasteiger partial charge in [0, 0.05) is 18.9 Å². The SMILES string of the molecule is C[C@@H](CCC#CC(=O)O)O[C@H]1CCCCO1. The molecule has 1 heterocycles. The summed E-state index contributed by atoms with van der Waals surface area (Å²) in [6.07, 6.45) is 4.46. The Hall–Kier alpha value is -1.05. The molecule has 0 spiro atoms. The molecule has 0 amide bonds. The molecule has 0 unspecified atom stereocenters. The van der Waals surface area contributed by atoms with Crippen LogP contribution < -0.4 is 0 Å². The van der Waals surface area contributed by atoms with E-state index in [4.69, 9.17) is 14.6 Å². The number of ether oxygens (including phenoxy) is 2. The highest BCUT2D eigenvalue weighted by Crippen LogP contribution is 2.16. The van der Waals surface area contributed by atoms with Crippen LogP contribution in [-0.2, 0) is 14.3 Å². The van der Waals surface area contributed by atoms with Crippen LogP contribution in [0, 0.1) is 11.8 Å². The molecule has 90 valence electrons. The van der Waals surface area contributed by atoms with Crippen molar-refractivity contribution >= 4 is 5.97 Å². The van der Waals surface area contributed by atoms with Gasteiger partial charge in [-0.05, 0) is 32.6 Å². The second-order valence-electron chi connectivity index (χ2n) is 3.89. The molecule has 4 nitrogen and oxygen atoms in total. The van der Waals surface area contributed by atoms with Gasteiger partial charge in [0.1, 0.15) is 0 Å². The Bertz CT molecular complexity index is 270. The van der Waals surface area contributed by atoms with Gasteiger partial charge < -0.3 is 14.6 Å². The number of aliphatic carboxylic acids is 1. The number of carboxylic acids is 1. The van der Waals surface area contributed by atoms with Gasteiger partial charge >= 0.3 is 5.97 Å². The lowest BCUT2D eigenvalue weighted by Gasteiger charge is -2.25. The van der Waals surface area contributed by atoms with Gasteiger partial charge in [-0.15, -0.1) is 0 Å². The second-order valence-corrected chi connectivity index (χ2v) is 3.89. The summed E-state index contributed by atoms with van der Waals surface area (Å²) in [5.41, 5.74) is 0. The third-order valence-electron chi connectivity index (χ3n) is 2.39. The Balaban J connectivity index is 2.13. The Morgan fingerprint density at radius 1 is 1.62 bits per heavy atom. The van der Waals surface area contributed by atoms with Gasteiger partial charge in [-0.25, -0.2) is 4.79 Å². The molecular weight excluding hydrogens is 208 g/mol. The van der Waals surface area contributed by atoms with E-state index in [1.54, 1.807) is 0 Å². The van der Waals surface area contributed by atoms with E-state index in [9.17, 15) is 4.79 Å². The molecule has 0 bridgehead atoms. The van der Waals surface area contributed by atoms with Crippen LogP contribution in [0.3, 0.4) is 0 Å². The topological polar surface area (TPSA) is 55.8 Å². The Morgan fingerprint density at radius 2 is 2.44 bits per heavy atom. The monoisotopic (exact) mass is 226 g/mol. The predicted molar refractivity (Wildman–Crippen MR) is 58.8 cm³/mol. The third-order valence-corrected chi connectivity index (χ3v) is 2.39. The summed E-state index contributed by atoms with van der Waals surface area (Å²) in [6, 6.07) is 0. The summed E-state index contributed by atoms with van der Waals surface area (Å²) in [4.78, 5) is 10.1. The lowest BCUT2D eigenvalue weighted by atomic mass is 10.2. The molecule has 0 aromatic heterocycles. The average Bonchev–Trinajstić information content (AvgIpc) is 2.25. The highest BCUT2D eigenvalue weighted by atomic mass is 16.7. The van der Waals surface area contributed by atoms with Crippen molar-refractivity contribution in [1.82, 2.24) is 0 Å². The van der Waals surface area contributed by atoms with Crippen molar-refractivity contribution in [3.63, 3.8) is 0 Å². The Kier molecular flexibility index (Phi) is 5.91. The molecule has 4 heteroatoms. The highest BCUT2D eigenvalue weighted by Gasteiger charge is 2.16. The van der Waals surface area contributed by atoms with Crippen molar-refractivity contribution in [2.75, 3.05) is 6.61 Å². The van der Waals surface area contributed by atoms with Gasteiger partial charge in [-0.2, -0.15) is 0 Å². The molecule has 1 saturated heterocycles. The van der Waals surface area contributed by atoms with E-state index in [2.05, 4.69) is 11.8 Å². The van der Waals surface area contributed by atoms with Crippen LogP contribution in [-0.4, -0.2) is 30.1 Å². The lowest BCUT2D eigenvalue weighted by Crippen LogP contribution is -2.26. The summed E-state index contributed by atoms with van der Waals surface area (Å²) in [5.74, 6) is 3.59. The van der Waals surface area contributed by atoms with E-state index in [1.165, 1.54) is 0 Å². The number of hydrogen-bond acceptors (Lipinski definition) is 3. The molecule has 1 aliphatic rings. The van der Waals surface area contributed by atoms with Crippen molar-refractivity contribution in [1.29, 1.82) is 0 Å². The zero-order valence-corrected chi connectivity index (χ0v) is 9.57. The molecule has 2 atom stereocenters. The van der Waals surface area contributed by atoms with Gasteiger partial charge in [0.2, 0.25) is 0 Å². The first kappa shape index (κ1) is 13.0. The second kappa shape index (κ2) is 7.26. The number of carboxylic acid groups (broad SMARTS) is 1. The fraction of sp³-hybridized carbons (Fsp3) is 0.750. The smallest absolute Gasteiger partial charge is 0.381 e. The molecule has 0 aliphatic carbocycles. The zero-order valence-electron chi connectivity index (χ0n) is 9.57. The van der Waals surface area contributed by atoms with Crippen molar-refractivity contribution in [2.24, 2.45) is 0 Å². The van der Waals surface area contributed by atoms with Gasteiger partial charge in [0.05, 0.1) is 6.10 Å². The lowest BCUT2D eigenvalue weighted by molar-refractivity contribution is -0.185. The zero-order chi connectivity index (χ0) is 11.8. The first-order valence-electron chi connectivity index (χ1n) is 5.67. The molecule has 0 saturated carbocycles. The van der Waals surface area contributed by atoms with E-state index in [0.29, 0.717) is 6.42 Å².